The summed E-state index contributed by atoms with van der Waals surface area (Å²) in [6.07, 6.45) is 2.99. The zero-order chi connectivity index (χ0) is 16.8. The van der Waals surface area contributed by atoms with Crippen LogP contribution in [-0.2, 0) is 24.2 Å². The molecular weight excluding hydrogens is 298 g/mol. The number of rotatable bonds is 8. The van der Waals surface area contributed by atoms with Gasteiger partial charge in [0.1, 0.15) is 17.1 Å². The van der Waals surface area contributed by atoms with Crippen LogP contribution in [0, 0.1) is 6.92 Å². The molecule has 7 nitrogen and oxygen atoms in total. The number of unbranched alkanes of at least 4 members (excludes halogenated alkanes) is 1. The topological polar surface area (TPSA) is 81.6 Å². The van der Waals surface area contributed by atoms with Crippen molar-refractivity contribution in [2.24, 2.45) is 0 Å². The first-order valence-electron chi connectivity index (χ1n) is 7.71. The number of esters is 1. The van der Waals surface area contributed by atoms with Gasteiger partial charge in [0.2, 0.25) is 5.89 Å². The molecule has 0 bridgehead atoms. The second-order valence-corrected chi connectivity index (χ2v) is 5.55. The average molecular weight is 321 g/mol. The molecule has 0 aliphatic rings. The lowest BCUT2D eigenvalue weighted by Crippen LogP contribution is -2.17. The molecule has 126 valence electrons. The largest absolute Gasteiger partial charge is 0.465 e. The predicted molar refractivity (Wildman–Crippen MR) is 82.9 cm³/mol. The van der Waals surface area contributed by atoms with E-state index in [9.17, 15) is 4.79 Å². The minimum Gasteiger partial charge on any atom is -0.465 e. The van der Waals surface area contributed by atoms with E-state index < -0.39 is 5.97 Å². The van der Waals surface area contributed by atoms with E-state index in [0.717, 1.165) is 25.1 Å². The maximum atomic E-state index is 11.6. The number of furan rings is 1. The first kappa shape index (κ1) is 17.2. The Kier molecular flexibility index (Phi) is 5.92. The monoisotopic (exact) mass is 321 g/mol. The Balaban J connectivity index is 1.93. The minimum atomic E-state index is -0.391. The summed E-state index contributed by atoms with van der Waals surface area (Å²) < 4.78 is 15.6. The van der Waals surface area contributed by atoms with Gasteiger partial charge in [0.05, 0.1) is 20.2 Å². The summed E-state index contributed by atoms with van der Waals surface area (Å²) >= 11 is 0. The van der Waals surface area contributed by atoms with Crippen molar-refractivity contribution in [2.45, 2.75) is 46.2 Å². The zero-order valence-corrected chi connectivity index (χ0v) is 14.1. The fourth-order valence-corrected chi connectivity index (χ4v) is 2.28. The van der Waals surface area contributed by atoms with E-state index in [1.807, 2.05) is 11.9 Å². The summed E-state index contributed by atoms with van der Waals surface area (Å²) in [5.74, 6) is 2.18. The molecule has 2 aromatic heterocycles. The highest BCUT2D eigenvalue weighted by Gasteiger charge is 2.17. The Morgan fingerprint density at radius 2 is 2.17 bits per heavy atom. The molecular formula is C16H23N3O4. The van der Waals surface area contributed by atoms with Crippen molar-refractivity contribution in [3.63, 3.8) is 0 Å². The molecule has 0 saturated heterocycles. The summed E-state index contributed by atoms with van der Waals surface area (Å²) in [6, 6.07) is 1.71. The molecule has 2 rings (SSSR count). The third kappa shape index (κ3) is 4.66. The van der Waals surface area contributed by atoms with Crippen LogP contribution in [0.25, 0.3) is 0 Å². The fourth-order valence-electron chi connectivity index (χ4n) is 2.28. The van der Waals surface area contributed by atoms with Crippen molar-refractivity contribution in [3.05, 3.63) is 34.9 Å². The first-order valence-corrected chi connectivity index (χ1v) is 7.71. The minimum absolute atomic E-state index is 0.391. The maximum Gasteiger partial charge on any atom is 0.341 e. The lowest BCUT2D eigenvalue weighted by molar-refractivity contribution is 0.0599. The summed E-state index contributed by atoms with van der Waals surface area (Å²) in [5.41, 5.74) is 0.454. The van der Waals surface area contributed by atoms with Gasteiger partial charge in [-0.3, -0.25) is 4.90 Å². The highest BCUT2D eigenvalue weighted by molar-refractivity contribution is 5.90. The molecule has 0 aliphatic carbocycles. The third-order valence-electron chi connectivity index (χ3n) is 3.47. The Labute approximate surface area is 135 Å². The smallest absolute Gasteiger partial charge is 0.341 e. The van der Waals surface area contributed by atoms with Crippen LogP contribution in [0.3, 0.4) is 0 Å². The van der Waals surface area contributed by atoms with E-state index in [-0.39, 0.29) is 0 Å². The van der Waals surface area contributed by atoms with Gasteiger partial charge < -0.3 is 13.7 Å². The number of aromatic nitrogens is 2. The van der Waals surface area contributed by atoms with Gasteiger partial charge in [0, 0.05) is 6.42 Å². The number of aryl methyl sites for hydroxylation is 2. The number of hydrogen-bond donors (Lipinski definition) is 0. The van der Waals surface area contributed by atoms with Crippen molar-refractivity contribution in [3.8, 4) is 0 Å². The standard InChI is InChI=1S/C16H23N3O4/c1-5-6-7-14-17-15(23-18-14)10-19(3)9-12-8-13(11(2)22-12)16(20)21-4/h8H,5-7,9-10H2,1-4H3. The molecule has 2 aromatic rings. The maximum absolute atomic E-state index is 11.6. The predicted octanol–water partition coefficient (Wildman–Crippen LogP) is 2.73. The molecule has 23 heavy (non-hydrogen) atoms. The second-order valence-electron chi connectivity index (χ2n) is 5.55. The van der Waals surface area contributed by atoms with E-state index in [0.29, 0.717) is 36.1 Å². The molecule has 0 aliphatic heterocycles. The van der Waals surface area contributed by atoms with Crippen LogP contribution in [0.15, 0.2) is 15.0 Å². The van der Waals surface area contributed by atoms with Gasteiger partial charge in [-0.15, -0.1) is 0 Å². The van der Waals surface area contributed by atoms with Gasteiger partial charge >= 0.3 is 5.97 Å². The van der Waals surface area contributed by atoms with Crippen LogP contribution in [0.4, 0.5) is 0 Å². The summed E-state index contributed by atoms with van der Waals surface area (Å²) in [5, 5.41) is 3.97. The van der Waals surface area contributed by atoms with Crippen LogP contribution in [0.5, 0.6) is 0 Å². The van der Waals surface area contributed by atoms with Crippen LogP contribution in [0.1, 0.15) is 53.4 Å². The quantitative estimate of drug-likeness (QED) is 0.691. The lowest BCUT2D eigenvalue weighted by atomic mass is 10.2. The van der Waals surface area contributed by atoms with Crippen molar-refractivity contribution < 1.29 is 18.5 Å². The number of carbonyl (C=O) groups is 1. The molecule has 0 fully saturated rings. The first-order chi connectivity index (χ1) is 11.0. The number of methoxy groups -OCH3 is 1. The van der Waals surface area contributed by atoms with E-state index >= 15 is 0 Å². The van der Waals surface area contributed by atoms with Gasteiger partial charge in [-0.25, -0.2) is 4.79 Å². The van der Waals surface area contributed by atoms with Crippen molar-refractivity contribution in [1.82, 2.24) is 15.0 Å². The zero-order valence-electron chi connectivity index (χ0n) is 14.1. The molecule has 0 aromatic carbocycles. The number of ether oxygens (including phenoxy) is 1. The third-order valence-corrected chi connectivity index (χ3v) is 3.47. The summed E-state index contributed by atoms with van der Waals surface area (Å²) in [4.78, 5) is 17.9. The Morgan fingerprint density at radius 3 is 2.87 bits per heavy atom. The van der Waals surface area contributed by atoms with Gasteiger partial charge in [-0.05, 0) is 26.5 Å². The Hall–Kier alpha value is -2.15. The van der Waals surface area contributed by atoms with E-state index in [4.69, 9.17) is 13.7 Å². The highest BCUT2D eigenvalue weighted by atomic mass is 16.5. The number of nitrogens with zero attached hydrogens (tertiary/aromatic N) is 3. The van der Waals surface area contributed by atoms with Crippen molar-refractivity contribution in [1.29, 1.82) is 0 Å². The molecule has 0 amide bonds. The highest BCUT2D eigenvalue weighted by Crippen LogP contribution is 2.17. The van der Waals surface area contributed by atoms with Crippen LogP contribution in [-0.4, -0.2) is 35.2 Å². The molecule has 0 unspecified atom stereocenters. The van der Waals surface area contributed by atoms with E-state index in [2.05, 4.69) is 17.1 Å². The van der Waals surface area contributed by atoms with Gasteiger partial charge in [-0.1, -0.05) is 18.5 Å². The second kappa shape index (κ2) is 7.92. The van der Waals surface area contributed by atoms with Crippen LogP contribution >= 0.6 is 0 Å². The fraction of sp³-hybridized carbons (Fsp3) is 0.562. The van der Waals surface area contributed by atoms with Gasteiger partial charge in [0.25, 0.3) is 0 Å². The van der Waals surface area contributed by atoms with Gasteiger partial charge in [0.15, 0.2) is 5.82 Å². The average Bonchev–Trinajstić information content (AvgIpc) is 3.10. The molecule has 0 radical (unpaired) electrons. The number of carbonyl (C=O) groups excluding carboxylic acids is 1. The van der Waals surface area contributed by atoms with Crippen molar-refractivity contribution >= 4 is 5.97 Å². The lowest BCUT2D eigenvalue weighted by Gasteiger charge is -2.11. The normalized spacial score (nSPS) is 11.2. The molecule has 2 heterocycles. The Morgan fingerprint density at radius 1 is 1.39 bits per heavy atom. The molecule has 0 saturated carbocycles. The SMILES string of the molecule is CCCCc1noc(CN(C)Cc2cc(C(=O)OC)c(C)o2)n1. The summed E-state index contributed by atoms with van der Waals surface area (Å²) in [7, 11) is 3.28. The van der Waals surface area contributed by atoms with Crippen LogP contribution in [0.2, 0.25) is 0 Å². The molecule has 0 atom stereocenters. The van der Waals surface area contributed by atoms with Crippen LogP contribution < -0.4 is 0 Å². The van der Waals surface area contributed by atoms with E-state index in [1.165, 1.54) is 7.11 Å². The Bertz CT molecular complexity index is 648. The van der Waals surface area contributed by atoms with E-state index in [1.54, 1.807) is 13.0 Å². The molecule has 0 spiro atoms. The summed E-state index contributed by atoms with van der Waals surface area (Å²) in [6.45, 7) is 4.92. The number of hydrogen-bond acceptors (Lipinski definition) is 7. The van der Waals surface area contributed by atoms with Gasteiger partial charge in [-0.2, -0.15) is 4.98 Å². The molecule has 0 N–H and O–H groups in total. The molecule has 7 heteroatoms. The van der Waals surface area contributed by atoms with Crippen molar-refractivity contribution in [2.75, 3.05) is 14.2 Å².